The largest absolute Gasteiger partial charge is 0.356 e. The molecule has 1 atom stereocenters. The summed E-state index contributed by atoms with van der Waals surface area (Å²) in [6, 6.07) is 4.12. The number of aromatic nitrogens is 1. The summed E-state index contributed by atoms with van der Waals surface area (Å²) in [6.45, 7) is 3.35. The minimum atomic E-state index is 0.764. The molecule has 15 heavy (non-hydrogen) atoms. The minimum Gasteiger partial charge on any atom is -0.356 e. The first-order valence-electron chi connectivity index (χ1n) is 5.30. The van der Waals surface area contributed by atoms with Crippen LogP contribution in [0.25, 0.3) is 0 Å². The van der Waals surface area contributed by atoms with E-state index >= 15 is 0 Å². The maximum atomic E-state index is 4.41. The van der Waals surface area contributed by atoms with Gasteiger partial charge in [-0.25, -0.2) is 4.98 Å². The number of anilines is 1. The summed E-state index contributed by atoms with van der Waals surface area (Å²) in [7, 11) is 2.01. The molecule has 0 saturated carbocycles. The van der Waals surface area contributed by atoms with E-state index in [1.54, 1.807) is 0 Å². The number of pyridine rings is 1. The molecule has 1 saturated heterocycles. The van der Waals surface area contributed by atoms with E-state index in [1.165, 1.54) is 6.42 Å². The number of nitrogens with zero attached hydrogens (tertiary/aromatic N) is 2. The molecule has 1 aliphatic heterocycles. The van der Waals surface area contributed by atoms with Gasteiger partial charge in [0.15, 0.2) is 0 Å². The highest BCUT2D eigenvalue weighted by atomic mass is 79.9. The molecule has 0 aromatic carbocycles. The van der Waals surface area contributed by atoms with Crippen LogP contribution >= 0.6 is 15.9 Å². The van der Waals surface area contributed by atoms with Crippen LogP contribution < -0.4 is 10.2 Å². The lowest BCUT2D eigenvalue weighted by atomic mass is 10.1. The summed E-state index contributed by atoms with van der Waals surface area (Å²) >= 11 is 3.40. The SMILES string of the molecule is CNCC1CCN(c2ccc(Br)cn2)C1. The molecule has 1 aromatic heterocycles. The van der Waals surface area contributed by atoms with Crippen LogP contribution in [-0.2, 0) is 0 Å². The number of hydrogen-bond acceptors (Lipinski definition) is 3. The van der Waals surface area contributed by atoms with Crippen molar-refractivity contribution >= 4 is 21.7 Å². The van der Waals surface area contributed by atoms with Gasteiger partial charge < -0.3 is 10.2 Å². The fraction of sp³-hybridized carbons (Fsp3) is 0.545. The molecule has 1 aliphatic rings. The van der Waals surface area contributed by atoms with Gasteiger partial charge in [0.2, 0.25) is 0 Å². The van der Waals surface area contributed by atoms with Crippen LogP contribution in [0.4, 0.5) is 5.82 Å². The lowest BCUT2D eigenvalue weighted by Gasteiger charge is -2.17. The molecule has 0 aliphatic carbocycles. The highest BCUT2D eigenvalue weighted by Crippen LogP contribution is 2.22. The van der Waals surface area contributed by atoms with Gasteiger partial charge in [0.05, 0.1) is 0 Å². The number of rotatable bonds is 3. The predicted molar refractivity (Wildman–Crippen MR) is 66.2 cm³/mol. The Hall–Kier alpha value is -0.610. The first kappa shape index (κ1) is 10.9. The summed E-state index contributed by atoms with van der Waals surface area (Å²) in [5.41, 5.74) is 0. The van der Waals surface area contributed by atoms with E-state index < -0.39 is 0 Å². The van der Waals surface area contributed by atoms with E-state index in [-0.39, 0.29) is 0 Å². The molecule has 3 nitrogen and oxygen atoms in total. The van der Waals surface area contributed by atoms with Crippen molar-refractivity contribution in [3.63, 3.8) is 0 Å². The number of nitrogens with one attached hydrogen (secondary N) is 1. The van der Waals surface area contributed by atoms with E-state index in [9.17, 15) is 0 Å². The Bertz CT molecular complexity index is 312. The Morgan fingerprint density at radius 1 is 1.60 bits per heavy atom. The van der Waals surface area contributed by atoms with Crippen LogP contribution in [0.5, 0.6) is 0 Å². The topological polar surface area (TPSA) is 28.2 Å². The van der Waals surface area contributed by atoms with E-state index in [0.29, 0.717) is 0 Å². The van der Waals surface area contributed by atoms with Crippen LogP contribution in [-0.4, -0.2) is 31.7 Å². The summed E-state index contributed by atoms with van der Waals surface area (Å²) in [6.07, 6.45) is 3.12. The molecule has 2 heterocycles. The van der Waals surface area contributed by atoms with E-state index in [0.717, 1.165) is 35.8 Å². The molecule has 0 spiro atoms. The maximum absolute atomic E-state index is 4.41. The van der Waals surface area contributed by atoms with Crippen molar-refractivity contribution < 1.29 is 0 Å². The van der Waals surface area contributed by atoms with E-state index in [2.05, 4.69) is 37.2 Å². The second kappa shape index (κ2) is 4.94. The zero-order valence-electron chi connectivity index (χ0n) is 8.91. The van der Waals surface area contributed by atoms with Gasteiger partial charge >= 0.3 is 0 Å². The smallest absolute Gasteiger partial charge is 0.128 e. The van der Waals surface area contributed by atoms with Crippen LogP contribution in [0.3, 0.4) is 0 Å². The van der Waals surface area contributed by atoms with Gasteiger partial charge in [0.1, 0.15) is 5.82 Å². The standard InChI is InChI=1S/C11H16BrN3/c1-13-6-9-4-5-15(8-9)11-3-2-10(12)7-14-11/h2-3,7,9,13H,4-6,8H2,1H3. The Morgan fingerprint density at radius 2 is 2.47 bits per heavy atom. The summed E-state index contributed by atoms with van der Waals surface area (Å²) in [5, 5.41) is 3.24. The third kappa shape index (κ3) is 2.69. The van der Waals surface area contributed by atoms with Crippen molar-refractivity contribution in [3.05, 3.63) is 22.8 Å². The zero-order chi connectivity index (χ0) is 10.7. The van der Waals surface area contributed by atoms with Crippen molar-refractivity contribution in [1.29, 1.82) is 0 Å². The molecule has 1 fully saturated rings. The van der Waals surface area contributed by atoms with Crippen LogP contribution in [0.1, 0.15) is 6.42 Å². The number of hydrogen-bond donors (Lipinski definition) is 1. The van der Waals surface area contributed by atoms with E-state index in [1.807, 2.05) is 19.3 Å². The van der Waals surface area contributed by atoms with Gasteiger partial charge in [-0.3, -0.25) is 0 Å². The lowest BCUT2D eigenvalue weighted by molar-refractivity contribution is 0.549. The Labute approximate surface area is 99.0 Å². The van der Waals surface area contributed by atoms with Gasteiger partial charge in [0.25, 0.3) is 0 Å². The lowest BCUT2D eigenvalue weighted by Crippen LogP contribution is -2.24. The highest BCUT2D eigenvalue weighted by Gasteiger charge is 2.22. The Morgan fingerprint density at radius 3 is 3.13 bits per heavy atom. The molecule has 0 amide bonds. The van der Waals surface area contributed by atoms with E-state index in [4.69, 9.17) is 0 Å². The zero-order valence-corrected chi connectivity index (χ0v) is 10.5. The summed E-state index contributed by atoms with van der Waals surface area (Å²) < 4.78 is 1.04. The normalized spacial score (nSPS) is 20.9. The molecule has 1 aromatic rings. The average molecular weight is 270 g/mol. The second-order valence-electron chi connectivity index (χ2n) is 3.99. The predicted octanol–water partition coefficient (Wildman–Crippen LogP) is 1.89. The van der Waals surface area contributed by atoms with Crippen molar-refractivity contribution in [1.82, 2.24) is 10.3 Å². The molecule has 1 unspecified atom stereocenters. The molecule has 82 valence electrons. The quantitative estimate of drug-likeness (QED) is 0.909. The molecule has 2 rings (SSSR count). The fourth-order valence-electron chi connectivity index (χ4n) is 2.05. The van der Waals surface area contributed by atoms with Crippen LogP contribution in [0, 0.1) is 5.92 Å². The van der Waals surface area contributed by atoms with Crippen molar-refractivity contribution in [2.75, 3.05) is 31.6 Å². The summed E-state index contributed by atoms with van der Waals surface area (Å²) in [4.78, 5) is 6.77. The van der Waals surface area contributed by atoms with Crippen molar-refractivity contribution in [3.8, 4) is 0 Å². The molecule has 0 radical (unpaired) electrons. The molecular formula is C11H16BrN3. The fourth-order valence-corrected chi connectivity index (χ4v) is 2.29. The van der Waals surface area contributed by atoms with Gasteiger partial charge in [-0.05, 0) is 54.0 Å². The van der Waals surface area contributed by atoms with Gasteiger partial charge in [-0.2, -0.15) is 0 Å². The van der Waals surface area contributed by atoms with Gasteiger partial charge in [-0.1, -0.05) is 0 Å². The highest BCUT2D eigenvalue weighted by molar-refractivity contribution is 9.10. The summed E-state index contributed by atoms with van der Waals surface area (Å²) in [5.74, 6) is 1.86. The molecule has 4 heteroatoms. The van der Waals surface area contributed by atoms with Gasteiger partial charge in [-0.15, -0.1) is 0 Å². The first-order valence-corrected chi connectivity index (χ1v) is 6.10. The van der Waals surface area contributed by atoms with Gasteiger partial charge in [0, 0.05) is 23.8 Å². The first-order chi connectivity index (χ1) is 7.29. The maximum Gasteiger partial charge on any atom is 0.128 e. The number of halogens is 1. The van der Waals surface area contributed by atoms with Crippen LogP contribution in [0.2, 0.25) is 0 Å². The van der Waals surface area contributed by atoms with Crippen molar-refractivity contribution in [2.45, 2.75) is 6.42 Å². The Balaban J connectivity index is 1.98. The monoisotopic (exact) mass is 269 g/mol. The molecule has 1 N–H and O–H groups in total. The third-order valence-electron chi connectivity index (χ3n) is 2.81. The Kier molecular flexibility index (Phi) is 3.59. The molecular weight excluding hydrogens is 254 g/mol. The second-order valence-corrected chi connectivity index (χ2v) is 4.91. The minimum absolute atomic E-state index is 0.764. The van der Waals surface area contributed by atoms with Crippen molar-refractivity contribution in [2.24, 2.45) is 5.92 Å². The third-order valence-corrected chi connectivity index (χ3v) is 3.28. The molecule has 0 bridgehead atoms. The average Bonchev–Trinajstić information content (AvgIpc) is 2.68. The van der Waals surface area contributed by atoms with Crippen LogP contribution in [0.15, 0.2) is 22.8 Å².